The number of methoxy groups -OCH3 is 1. The predicted octanol–water partition coefficient (Wildman–Crippen LogP) is 2.67. The van der Waals surface area contributed by atoms with Gasteiger partial charge in [-0.15, -0.1) is 0 Å². The van der Waals surface area contributed by atoms with Crippen molar-refractivity contribution in [1.82, 2.24) is 5.32 Å². The Morgan fingerprint density at radius 3 is 2.95 bits per heavy atom. The van der Waals surface area contributed by atoms with Crippen molar-refractivity contribution < 1.29 is 4.74 Å². The van der Waals surface area contributed by atoms with Crippen LogP contribution in [0, 0.1) is 6.92 Å². The standard InChI is InChI=1S/C16H26N2OS/c1-13-10-14(11-17-7-8-19-3)4-5-16(13)18(2)15-6-9-20-12-15/h4-5,10,15,17H,6-9,11-12H2,1-3H3. The summed E-state index contributed by atoms with van der Waals surface area (Å²) in [5, 5.41) is 3.39. The molecule has 0 saturated carbocycles. The molecule has 1 unspecified atom stereocenters. The van der Waals surface area contributed by atoms with Gasteiger partial charge in [0.2, 0.25) is 0 Å². The highest BCUT2D eigenvalue weighted by atomic mass is 32.2. The first-order chi connectivity index (χ1) is 9.72. The van der Waals surface area contributed by atoms with Gasteiger partial charge in [0.15, 0.2) is 0 Å². The molecule has 0 aliphatic carbocycles. The monoisotopic (exact) mass is 294 g/mol. The smallest absolute Gasteiger partial charge is 0.0587 e. The van der Waals surface area contributed by atoms with Crippen LogP contribution >= 0.6 is 11.8 Å². The van der Waals surface area contributed by atoms with E-state index < -0.39 is 0 Å². The molecule has 0 spiro atoms. The Morgan fingerprint density at radius 2 is 2.30 bits per heavy atom. The van der Waals surface area contributed by atoms with Gasteiger partial charge in [-0.2, -0.15) is 11.8 Å². The molecule has 0 amide bonds. The number of anilines is 1. The minimum absolute atomic E-state index is 0.698. The molecule has 1 aromatic rings. The summed E-state index contributed by atoms with van der Waals surface area (Å²) in [6.45, 7) is 4.79. The molecule has 3 nitrogen and oxygen atoms in total. The lowest BCUT2D eigenvalue weighted by Crippen LogP contribution is -2.31. The van der Waals surface area contributed by atoms with Crippen LogP contribution in [0.3, 0.4) is 0 Å². The van der Waals surface area contributed by atoms with Gasteiger partial charge >= 0.3 is 0 Å². The molecule has 1 aliphatic rings. The maximum atomic E-state index is 5.04. The zero-order valence-corrected chi connectivity index (χ0v) is 13.6. The van der Waals surface area contributed by atoms with Gasteiger partial charge in [0.1, 0.15) is 0 Å². The maximum Gasteiger partial charge on any atom is 0.0587 e. The molecule has 0 bridgehead atoms. The number of aryl methyl sites for hydroxylation is 1. The van der Waals surface area contributed by atoms with Crippen LogP contribution < -0.4 is 10.2 Å². The van der Waals surface area contributed by atoms with E-state index in [0.717, 1.165) is 19.7 Å². The van der Waals surface area contributed by atoms with Crippen molar-refractivity contribution in [3.05, 3.63) is 29.3 Å². The summed E-state index contributed by atoms with van der Waals surface area (Å²) in [4.78, 5) is 2.46. The first kappa shape index (κ1) is 15.7. The summed E-state index contributed by atoms with van der Waals surface area (Å²) < 4.78 is 5.04. The van der Waals surface area contributed by atoms with Crippen LogP contribution in [-0.4, -0.2) is 44.9 Å². The van der Waals surface area contributed by atoms with E-state index in [0.29, 0.717) is 6.04 Å². The fraction of sp³-hybridized carbons (Fsp3) is 0.625. The van der Waals surface area contributed by atoms with Crippen molar-refractivity contribution in [2.24, 2.45) is 0 Å². The molecule has 1 heterocycles. The molecular formula is C16H26N2OS. The molecule has 1 aliphatic heterocycles. The van der Waals surface area contributed by atoms with E-state index in [1.165, 1.54) is 34.7 Å². The third-order valence-corrected chi connectivity index (χ3v) is 5.05. The fourth-order valence-electron chi connectivity index (χ4n) is 2.65. The van der Waals surface area contributed by atoms with Crippen molar-refractivity contribution in [3.63, 3.8) is 0 Å². The van der Waals surface area contributed by atoms with Crippen LogP contribution in [0.1, 0.15) is 17.5 Å². The maximum absolute atomic E-state index is 5.04. The molecule has 1 N–H and O–H groups in total. The molecule has 1 atom stereocenters. The van der Waals surface area contributed by atoms with E-state index in [-0.39, 0.29) is 0 Å². The second-order valence-electron chi connectivity index (χ2n) is 5.42. The normalized spacial score (nSPS) is 18.4. The average molecular weight is 294 g/mol. The van der Waals surface area contributed by atoms with Crippen LogP contribution in [0.15, 0.2) is 18.2 Å². The number of benzene rings is 1. The number of nitrogens with one attached hydrogen (secondary N) is 1. The Kier molecular flexibility index (Phi) is 6.20. The Labute approximate surface area is 127 Å². The molecular weight excluding hydrogens is 268 g/mol. The Hall–Kier alpha value is -0.710. The topological polar surface area (TPSA) is 24.5 Å². The highest BCUT2D eigenvalue weighted by molar-refractivity contribution is 7.99. The van der Waals surface area contributed by atoms with E-state index in [9.17, 15) is 0 Å². The molecule has 20 heavy (non-hydrogen) atoms. The molecule has 112 valence electrons. The predicted molar refractivity (Wildman–Crippen MR) is 88.9 cm³/mol. The van der Waals surface area contributed by atoms with Gasteiger partial charge in [0.05, 0.1) is 6.61 Å². The summed E-state index contributed by atoms with van der Waals surface area (Å²) in [6.07, 6.45) is 1.31. The van der Waals surface area contributed by atoms with Crippen molar-refractivity contribution in [2.45, 2.75) is 25.9 Å². The summed E-state index contributed by atoms with van der Waals surface area (Å²) in [7, 11) is 3.97. The van der Waals surface area contributed by atoms with E-state index >= 15 is 0 Å². The van der Waals surface area contributed by atoms with Gasteiger partial charge in [-0.25, -0.2) is 0 Å². The minimum Gasteiger partial charge on any atom is -0.383 e. The lowest BCUT2D eigenvalue weighted by atomic mass is 10.1. The minimum atomic E-state index is 0.698. The van der Waals surface area contributed by atoms with Crippen molar-refractivity contribution in [3.8, 4) is 0 Å². The number of ether oxygens (including phenoxy) is 1. The molecule has 1 fully saturated rings. The van der Waals surface area contributed by atoms with Crippen molar-refractivity contribution in [2.75, 3.05) is 43.7 Å². The van der Waals surface area contributed by atoms with Crippen LogP contribution in [0.25, 0.3) is 0 Å². The van der Waals surface area contributed by atoms with Crippen molar-refractivity contribution in [1.29, 1.82) is 0 Å². The van der Waals surface area contributed by atoms with Gasteiger partial charge in [-0.05, 0) is 36.3 Å². The van der Waals surface area contributed by atoms with Gasteiger partial charge in [-0.3, -0.25) is 0 Å². The van der Waals surface area contributed by atoms with Crippen LogP contribution in [0.5, 0.6) is 0 Å². The largest absolute Gasteiger partial charge is 0.383 e. The summed E-state index contributed by atoms with van der Waals surface area (Å²) >= 11 is 2.07. The van der Waals surface area contributed by atoms with Gasteiger partial charge in [0.25, 0.3) is 0 Å². The Balaban J connectivity index is 1.94. The van der Waals surface area contributed by atoms with Gasteiger partial charge in [-0.1, -0.05) is 12.1 Å². The fourth-order valence-corrected chi connectivity index (χ4v) is 3.92. The summed E-state index contributed by atoms with van der Waals surface area (Å²) in [5.41, 5.74) is 4.09. The van der Waals surface area contributed by atoms with Crippen LogP contribution in [0.4, 0.5) is 5.69 Å². The number of hydrogen-bond donors (Lipinski definition) is 1. The second-order valence-corrected chi connectivity index (χ2v) is 6.57. The molecule has 0 radical (unpaired) electrons. The summed E-state index contributed by atoms with van der Waals surface area (Å²) in [6, 6.07) is 7.50. The second kappa shape index (κ2) is 7.91. The highest BCUT2D eigenvalue weighted by Crippen LogP contribution is 2.28. The summed E-state index contributed by atoms with van der Waals surface area (Å²) in [5.74, 6) is 2.56. The van der Waals surface area contributed by atoms with Crippen LogP contribution in [-0.2, 0) is 11.3 Å². The Bertz CT molecular complexity index is 419. The van der Waals surface area contributed by atoms with Crippen molar-refractivity contribution >= 4 is 17.4 Å². The van der Waals surface area contributed by atoms with E-state index in [1.807, 2.05) is 0 Å². The number of nitrogens with zero attached hydrogens (tertiary/aromatic N) is 1. The molecule has 4 heteroatoms. The van der Waals surface area contributed by atoms with E-state index in [2.05, 4.69) is 54.1 Å². The molecule has 2 rings (SSSR count). The molecule has 1 saturated heterocycles. The lowest BCUT2D eigenvalue weighted by molar-refractivity contribution is 0.199. The third-order valence-electron chi connectivity index (χ3n) is 3.91. The first-order valence-electron chi connectivity index (χ1n) is 7.32. The third kappa shape index (κ3) is 4.14. The quantitative estimate of drug-likeness (QED) is 0.782. The highest BCUT2D eigenvalue weighted by Gasteiger charge is 2.21. The SMILES string of the molecule is COCCNCc1ccc(N(C)C2CCSC2)c(C)c1. The Morgan fingerprint density at radius 1 is 1.45 bits per heavy atom. The lowest BCUT2D eigenvalue weighted by Gasteiger charge is -2.28. The number of thioether (sulfide) groups is 1. The number of rotatable bonds is 7. The molecule has 0 aromatic heterocycles. The van der Waals surface area contributed by atoms with E-state index in [4.69, 9.17) is 4.74 Å². The zero-order valence-electron chi connectivity index (χ0n) is 12.8. The average Bonchev–Trinajstić information content (AvgIpc) is 2.97. The van der Waals surface area contributed by atoms with E-state index in [1.54, 1.807) is 7.11 Å². The van der Waals surface area contributed by atoms with Crippen LogP contribution in [0.2, 0.25) is 0 Å². The molecule has 1 aromatic carbocycles. The number of hydrogen-bond acceptors (Lipinski definition) is 4. The van der Waals surface area contributed by atoms with Gasteiger partial charge in [0, 0.05) is 44.7 Å². The van der Waals surface area contributed by atoms with Gasteiger partial charge < -0.3 is 15.0 Å². The first-order valence-corrected chi connectivity index (χ1v) is 8.47. The zero-order chi connectivity index (χ0) is 14.4.